The normalized spacial score (nSPS) is 20.2. The van der Waals surface area contributed by atoms with Gasteiger partial charge in [0.2, 0.25) is 0 Å². The van der Waals surface area contributed by atoms with Crippen molar-refractivity contribution in [1.29, 1.82) is 5.26 Å². The summed E-state index contributed by atoms with van der Waals surface area (Å²) in [5, 5.41) is 26.4. The summed E-state index contributed by atoms with van der Waals surface area (Å²) in [6.07, 6.45) is -0.220. The third kappa shape index (κ3) is 5.27. The molecule has 0 aliphatic heterocycles. The predicted molar refractivity (Wildman–Crippen MR) is 119 cm³/mol. The maximum absolute atomic E-state index is 12.8. The third-order valence-corrected chi connectivity index (χ3v) is 6.10. The number of nitrogens with one attached hydrogen (secondary N) is 1. The van der Waals surface area contributed by atoms with E-state index in [0.29, 0.717) is 48.4 Å². The van der Waals surface area contributed by atoms with Gasteiger partial charge in [-0.1, -0.05) is 0 Å². The number of pyridine rings is 1. The average molecular weight is 485 g/mol. The molecule has 2 aromatic heterocycles. The van der Waals surface area contributed by atoms with Crippen LogP contribution in [-0.4, -0.2) is 38.2 Å². The number of amides is 1. The molecule has 1 saturated carbocycles. The van der Waals surface area contributed by atoms with E-state index in [-0.39, 0.29) is 11.3 Å². The van der Waals surface area contributed by atoms with Crippen LogP contribution in [0.15, 0.2) is 48.8 Å². The van der Waals surface area contributed by atoms with Gasteiger partial charge in [-0.3, -0.25) is 9.78 Å². The van der Waals surface area contributed by atoms with E-state index in [9.17, 15) is 28.3 Å². The van der Waals surface area contributed by atoms with Crippen LogP contribution in [0.2, 0.25) is 0 Å². The topological polar surface area (TPSA) is 113 Å². The molecule has 0 radical (unpaired) electrons. The van der Waals surface area contributed by atoms with Crippen LogP contribution in [0.3, 0.4) is 0 Å². The van der Waals surface area contributed by atoms with Gasteiger partial charge in [0.15, 0.2) is 0 Å². The highest BCUT2D eigenvalue weighted by Gasteiger charge is 2.38. The summed E-state index contributed by atoms with van der Waals surface area (Å²) in [5.41, 5.74) is 1.51. The molecule has 4 rings (SSSR count). The first-order valence-electron chi connectivity index (χ1n) is 10.9. The first-order valence-corrected chi connectivity index (χ1v) is 10.9. The molecule has 1 aliphatic carbocycles. The second kappa shape index (κ2) is 9.38. The van der Waals surface area contributed by atoms with Crippen molar-refractivity contribution in [2.24, 2.45) is 0 Å². The fraction of sp³-hybridized carbons (Fsp3) is 0.333. The van der Waals surface area contributed by atoms with Gasteiger partial charge in [-0.2, -0.15) is 10.4 Å². The van der Waals surface area contributed by atoms with E-state index in [1.165, 1.54) is 29.2 Å². The zero-order chi connectivity index (χ0) is 25.2. The number of carbonyl (C=O) groups is 1. The molecule has 1 aromatic carbocycles. The number of nitrogens with zero attached hydrogens (tertiary/aromatic N) is 4. The van der Waals surface area contributed by atoms with Crippen molar-refractivity contribution >= 4 is 11.6 Å². The lowest BCUT2D eigenvalue weighted by atomic mass is 9.72. The number of carbonyl (C=O) groups excluding carboxylic acids is 1. The molecule has 0 bridgehead atoms. The van der Waals surface area contributed by atoms with Crippen LogP contribution in [0.5, 0.6) is 5.75 Å². The van der Waals surface area contributed by atoms with E-state index in [4.69, 9.17) is 0 Å². The van der Waals surface area contributed by atoms with Crippen LogP contribution in [0.25, 0.3) is 5.69 Å². The van der Waals surface area contributed by atoms with Crippen molar-refractivity contribution in [3.63, 3.8) is 0 Å². The summed E-state index contributed by atoms with van der Waals surface area (Å²) in [6.45, 7) is 1.66. The number of aliphatic hydroxyl groups excluding tert-OH is 1. The number of anilines is 1. The number of hydrogen-bond acceptors (Lipinski definition) is 6. The molecule has 2 heterocycles. The van der Waals surface area contributed by atoms with Gasteiger partial charge < -0.3 is 15.2 Å². The molecule has 1 fully saturated rings. The third-order valence-electron chi connectivity index (χ3n) is 6.10. The molecular weight excluding hydrogens is 463 g/mol. The Morgan fingerprint density at radius 3 is 2.46 bits per heavy atom. The molecule has 35 heavy (non-hydrogen) atoms. The maximum Gasteiger partial charge on any atom is 0.573 e. The summed E-state index contributed by atoms with van der Waals surface area (Å²) in [7, 11) is 0. The monoisotopic (exact) mass is 485 g/mol. The minimum Gasteiger partial charge on any atom is -0.406 e. The smallest absolute Gasteiger partial charge is 0.406 e. The second-order valence-electron chi connectivity index (χ2n) is 8.41. The minimum absolute atomic E-state index is 0.277. The average Bonchev–Trinajstić information content (AvgIpc) is 3.21. The molecular formula is C24H22F3N5O3. The fourth-order valence-corrected chi connectivity index (χ4v) is 4.15. The Kier molecular flexibility index (Phi) is 6.49. The minimum atomic E-state index is -4.78. The SMILES string of the molecule is Cc1c(C(=O)Nc2ccc([C@]3(C#N)CC[C@@H](O)CC3)nc2)cnn1-c1ccc(OC(F)(F)F)cc1. The van der Waals surface area contributed by atoms with Crippen LogP contribution >= 0.6 is 0 Å². The molecule has 0 spiro atoms. The molecule has 0 unspecified atom stereocenters. The van der Waals surface area contributed by atoms with E-state index in [1.54, 1.807) is 19.1 Å². The molecule has 1 aliphatic rings. The standard InChI is InChI=1S/C24H22F3N5O3/c1-15-20(13-30-32(15)17-3-5-19(6-4-17)35-24(25,26)27)22(34)31-16-2-7-21(29-12-16)23(14-28)10-8-18(33)9-11-23/h2-7,12-13,18,33H,8-11H2,1H3,(H,31,34)/t18-,23-. The summed E-state index contributed by atoms with van der Waals surface area (Å²) in [6, 6.07) is 10.9. The molecule has 8 nitrogen and oxygen atoms in total. The van der Waals surface area contributed by atoms with Crippen molar-refractivity contribution in [2.45, 2.75) is 50.5 Å². The van der Waals surface area contributed by atoms with Crippen LogP contribution in [0.1, 0.15) is 47.4 Å². The number of benzene rings is 1. The molecule has 3 aromatic rings. The number of nitriles is 1. The molecule has 182 valence electrons. The van der Waals surface area contributed by atoms with Crippen molar-refractivity contribution in [1.82, 2.24) is 14.8 Å². The molecule has 1 amide bonds. The summed E-state index contributed by atoms with van der Waals surface area (Å²) < 4.78 is 42.4. The van der Waals surface area contributed by atoms with E-state index in [2.05, 4.69) is 26.2 Å². The van der Waals surface area contributed by atoms with Gasteiger partial charge in [-0.05, 0) is 69.0 Å². The maximum atomic E-state index is 12.8. The quantitative estimate of drug-likeness (QED) is 0.553. The number of alkyl halides is 3. The Bertz CT molecular complexity index is 1240. The van der Waals surface area contributed by atoms with Crippen LogP contribution in [-0.2, 0) is 5.41 Å². The Hall–Kier alpha value is -3.91. The van der Waals surface area contributed by atoms with Crippen molar-refractivity contribution in [3.05, 3.63) is 65.7 Å². The number of aliphatic hydroxyl groups is 1. The van der Waals surface area contributed by atoms with Gasteiger partial charge in [0.25, 0.3) is 5.91 Å². The first-order chi connectivity index (χ1) is 16.6. The Balaban J connectivity index is 1.46. The van der Waals surface area contributed by atoms with E-state index < -0.39 is 23.8 Å². The zero-order valence-electron chi connectivity index (χ0n) is 18.7. The Labute approximate surface area is 199 Å². The zero-order valence-corrected chi connectivity index (χ0v) is 18.7. The number of halogens is 3. The van der Waals surface area contributed by atoms with Gasteiger partial charge in [0.1, 0.15) is 5.75 Å². The number of rotatable bonds is 5. The highest BCUT2D eigenvalue weighted by molar-refractivity contribution is 6.04. The van der Waals surface area contributed by atoms with Crippen LogP contribution < -0.4 is 10.1 Å². The van der Waals surface area contributed by atoms with Gasteiger partial charge in [0, 0.05) is 0 Å². The van der Waals surface area contributed by atoms with Gasteiger partial charge in [-0.25, -0.2) is 4.68 Å². The number of ether oxygens (including phenoxy) is 1. The van der Waals surface area contributed by atoms with Gasteiger partial charge >= 0.3 is 6.36 Å². The Morgan fingerprint density at radius 2 is 1.89 bits per heavy atom. The van der Waals surface area contributed by atoms with Crippen molar-refractivity contribution in [3.8, 4) is 17.5 Å². The molecule has 2 N–H and O–H groups in total. The van der Waals surface area contributed by atoms with Crippen molar-refractivity contribution in [2.75, 3.05) is 5.32 Å². The number of hydrogen-bond donors (Lipinski definition) is 2. The van der Waals surface area contributed by atoms with E-state index in [0.717, 1.165) is 12.1 Å². The largest absolute Gasteiger partial charge is 0.573 e. The lowest BCUT2D eigenvalue weighted by Crippen LogP contribution is -2.33. The molecule has 0 atom stereocenters. The molecule has 11 heteroatoms. The second-order valence-corrected chi connectivity index (χ2v) is 8.41. The van der Waals surface area contributed by atoms with E-state index >= 15 is 0 Å². The fourth-order valence-electron chi connectivity index (χ4n) is 4.15. The number of aromatic nitrogens is 3. The molecule has 0 saturated heterocycles. The summed E-state index contributed by atoms with van der Waals surface area (Å²) in [5.74, 6) is -0.793. The highest BCUT2D eigenvalue weighted by Crippen LogP contribution is 2.38. The van der Waals surface area contributed by atoms with Crippen LogP contribution in [0, 0.1) is 18.3 Å². The lowest BCUT2D eigenvalue weighted by Gasteiger charge is -2.32. The Morgan fingerprint density at radius 1 is 1.20 bits per heavy atom. The predicted octanol–water partition coefficient (Wildman–Crippen LogP) is 4.42. The van der Waals surface area contributed by atoms with Gasteiger partial charge in [0.05, 0.1) is 58.3 Å². The lowest BCUT2D eigenvalue weighted by molar-refractivity contribution is -0.274. The van der Waals surface area contributed by atoms with E-state index in [1.807, 2.05) is 0 Å². The highest BCUT2D eigenvalue weighted by atomic mass is 19.4. The first kappa shape index (κ1) is 24.2. The summed E-state index contributed by atoms with van der Waals surface area (Å²) >= 11 is 0. The van der Waals surface area contributed by atoms with Crippen LogP contribution in [0.4, 0.5) is 18.9 Å². The van der Waals surface area contributed by atoms with Gasteiger partial charge in [-0.15, -0.1) is 13.2 Å². The van der Waals surface area contributed by atoms with Crippen molar-refractivity contribution < 1.29 is 27.8 Å². The summed E-state index contributed by atoms with van der Waals surface area (Å²) in [4.78, 5) is 17.2.